The summed E-state index contributed by atoms with van der Waals surface area (Å²) in [5, 5.41) is 23.0. The normalized spacial score (nSPS) is 12.6. The van der Waals surface area contributed by atoms with E-state index in [4.69, 9.17) is 4.74 Å². The van der Waals surface area contributed by atoms with Gasteiger partial charge in [-0.1, -0.05) is 334 Å². The van der Waals surface area contributed by atoms with Crippen LogP contribution >= 0.6 is 0 Å². The summed E-state index contributed by atoms with van der Waals surface area (Å²) >= 11 is 0. The molecule has 0 heterocycles. The maximum atomic E-state index is 12.4. The van der Waals surface area contributed by atoms with Gasteiger partial charge in [-0.3, -0.25) is 9.59 Å². The molecule has 0 bridgehead atoms. The van der Waals surface area contributed by atoms with Crippen molar-refractivity contribution in [1.82, 2.24) is 5.32 Å². The lowest BCUT2D eigenvalue weighted by atomic mass is 10.0. The summed E-state index contributed by atoms with van der Waals surface area (Å²) in [6.45, 7) is 4.88. The van der Waals surface area contributed by atoms with Gasteiger partial charge in [0.2, 0.25) is 5.91 Å². The van der Waals surface area contributed by atoms with Crippen LogP contribution in [0.4, 0.5) is 0 Å². The average Bonchev–Trinajstić information content (AvgIpc) is 3.40. The van der Waals surface area contributed by atoms with Crippen LogP contribution in [0.5, 0.6) is 0 Å². The molecule has 0 aliphatic heterocycles. The molecule has 0 radical (unpaired) electrons. The second kappa shape index (κ2) is 63.9. The molecule has 1 amide bonds. The minimum atomic E-state index is -0.838. The molecular weight excluding hydrogens is 911 g/mol. The highest BCUT2D eigenvalue weighted by atomic mass is 16.5. The van der Waals surface area contributed by atoms with E-state index in [1.807, 2.05) is 6.08 Å². The number of nitrogens with one attached hydrogen (secondary N) is 1. The molecule has 0 aromatic heterocycles. The summed E-state index contributed by atoms with van der Waals surface area (Å²) < 4.78 is 5.47. The van der Waals surface area contributed by atoms with Crippen LogP contribution in [0.15, 0.2) is 24.3 Å². The van der Waals surface area contributed by atoms with E-state index in [1.54, 1.807) is 6.08 Å². The number of carbonyl (C=O) groups excluding carboxylic acids is 2. The molecule has 0 aliphatic rings. The van der Waals surface area contributed by atoms with Crippen LogP contribution < -0.4 is 5.32 Å². The number of esters is 1. The van der Waals surface area contributed by atoms with Gasteiger partial charge in [-0.05, 0) is 51.4 Å². The molecule has 0 saturated carbocycles. The van der Waals surface area contributed by atoms with E-state index >= 15 is 0 Å². The molecule has 2 unspecified atom stereocenters. The molecule has 2 atom stereocenters. The van der Waals surface area contributed by atoms with Gasteiger partial charge in [-0.15, -0.1) is 0 Å². The third kappa shape index (κ3) is 59.6. The molecule has 6 nitrogen and oxygen atoms in total. The average molecular weight is 1040 g/mol. The lowest BCUT2D eigenvalue weighted by Crippen LogP contribution is -2.45. The summed E-state index contributed by atoms with van der Waals surface area (Å²) in [4.78, 5) is 24.4. The molecule has 0 aromatic carbocycles. The number of aliphatic hydroxyl groups excluding tert-OH is 2. The first kappa shape index (κ1) is 72.3. The predicted octanol–water partition coefficient (Wildman–Crippen LogP) is 21.4. The van der Waals surface area contributed by atoms with Crippen LogP contribution in [0, 0.1) is 0 Å². The zero-order chi connectivity index (χ0) is 53.6. The van der Waals surface area contributed by atoms with Crippen molar-refractivity contribution in [3.8, 4) is 0 Å². The summed E-state index contributed by atoms with van der Waals surface area (Å²) in [6, 6.07) is -0.622. The number of aliphatic hydroxyl groups is 2. The first-order valence-electron chi connectivity index (χ1n) is 33.6. The van der Waals surface area contributed by atoms with E-state index < -0.39 is 12.1 Å². The van der Waals surface area contributed by atoms with Gasteiger partial charge in [0.05, 0.1) is 25.4 Å². The van der Waals surface area contributed by atoms with E-state index in [1.165, 1.54) is 302 Å². The fourth-order valence-electron chi connectivity index (χ4n) is 10.6. The van der Waals surface area contributed by atoms with Crippen molar-refractivity contribution in [1.29, 1.82) is 0 Å². The monoisotopic (exact) mass is 1040 g/mol. The number of carbonyl (C=O) groups is 2. The Kier molecular flexibility index (Phi) is 62.4. The van der Waals surface area contributed by atoms with Gasteiger partial charge >= 0.3 is 5.97 Å². The highest BCUT2D eigenvalue weighted by Gasteiger charge is 2.18. The van der Waals surface area contributed by atoms with Crippen molar-refractivity contribution in [2.45, 2.75) is 386 Å². The Hall–Kier alpha value is -1.66. The maximum Gasteiger partial charge on any atom is 0.305 e. The van der Waals surface area contributed by atoms with Gasteiger partial charge in [0.1, 0.15) is 0 Å². The minimum absolute atomic E-state index is 0.0114. The van der Waals surface area contributed by atoms with Gasteiger partial charge in [0.15, 0.2) is 0 Å². The molecule has 0 rings (SSSR count). The smallest absolute Gasteiger partial charge is 0.305 e. The Morgan fingerprint density at radius 3 is 1.00 bits per heavy atom. The topological polar surface area (TPSA) is 95.9 Å². The van der Waals surface area contributed by atoms with E-state index in [0.29, 0.717) is 19.4 Å². The lowest BCUT2D eigenvalue weighted by Gasteiger charge is -2.20. The number of rotatable bonds is 63. The van der Waals surface area contributed by atoms with E-state index in [-0.39, 0.29) is 18.5 Å². The molecule has 6 heteroatoms. The summed E-state index contributed by atoms with van der Waals surface area (Å²) in [7, 11) is 0. The van der Waals surface area contributed by atoms with Crippen LogP contribution in [0.2, 0.25) is 0 Å². The van der Waals surface area contributed by atoms with E-state index in [0.717, 1.165) is 44.9 Å². The number of ether oxygens (including phenoxy) is 1. The molecule has 0 saturated heterocycles. The van der Waals surface area contributed by atoms with Crippen molar-refractivity contribution < 1.29 is 24.5 Å². The van der Waals surface area contributed by atoms with Crippen molar-refractivity contribution in [3.63, 3.8) is 0 Å². The Labute approximate surface area is 462 Å². The standard InChI is InChI=1S/C68H131NO5/c1-3-5-7-9-11-13-40-44-48-52-56-60-66(71)65(64-70)69-67(72)61-57-53-49-45-42-38-36-34-32-30-28-26-24-22-20-18-16-15-17-19-21-23-25-27-29-31-33-35-37-39-43-47-51-55-59-63-74-68(73)62-58-54-50-46-41-14-12-10-8-6-4-2/h10,12,56,60,65-66,70-71H,3-9,11,13-55,57-59,61-64H2,1-2H3,(H,69,72)/b12-10-,60-56+. The first-order valence-corrected chi connectivity index (χ1v) is 33.6. The number of unbranched alkanes of at least 4 members (excludes halogenated alkanes) is 50. The Bertz CT molecular complexity index is 1150. The summed E-state index contributed by atoms with van der Waals surface area (Å²) in [5.74, 6) is -0.0510. The summed E-state index contributed by atoms with van der Waals surface area (Å²) in [5.41, 5.74) is 0. The van der Waals surface area contributed by atoms with Gasteiger partial charge in [-0.25, -0.2) is 0 Å². The zero-order valence-corrected chi connectivity index (χ0v) is 50.1. The van der Waals surface area contributed by atoms with Crippen LogP contribution in [0.3, 0.4) is 0 Å². The Morgan fingerprint density at radius 1 is 0.365 bits per heavy atom. The SMILES string of the molecule is CCCC/C=C\CCCCCCCC(=O)OCCCCCCCCCCCCCCCCCCCCCCCCCCCCCCCCCCCCCC(=O)NC(CO)C(O)/C=C/CCCCCCCCCCC. The van der Waals surface area contributed by atoms with Crippen molar-refractivity contribution in [2.24, 2.45) is 0 Å². The third-order valence-electron chi connectivity index (χ3n) is 15.7. The number of amides is 1. The fourth-order valence-corrected chi connectivity index (χ4v) is 10.6. The van der Waals surface area contributed by atoms with Gasteiger partial charge in [0, 0.05) is 12.8 Å². The quantitative estimate of drug-likeness (QED) is 0.0320. The van der Waals surface area contributed by atoms with E-state index in [2.05, 4.69) is 31.3 Å². The largest absolute Gasteiger partial charge is 0.466 e. The molecule has 3 N–H and O–H groups in total. The van der Waals surface area contributed by atoms with Gasteiger partial charge in [0.25, 0.3) is 0 Å². The number of hydrogen-bond donors (Lipinski definition) is 3. The first-order chi connectivity index (χ1) is 36.5. The van der Waals surface area contributed by atoms with Crippen LogP contribution in [0.25, 0.3) is 0 Å². The van der Waals surface area contributed by atoms with Crippen LogP contribution in [-0.4, -0.2) is 47.4 Å². The molecule has 74 heavy (non-hydrogen) atoms. The highest BCUT2D eigenvalue weighted by molar-refractivity contribution is 5.76. The Morgan fingerprint density at radius 2 is 0.649 bits per heavy atom. The zero-order valence-electron chi connectivity index (χ0n) is 50.1. The second-order valence-corrected chi connectivity index (χ2v) is 23.2. The van der Waals surface area contributed by atoms with Crippen molar-refractivity contribution >= 4 is 11.9 Å². The van der Waals surface area contributed by atoms with Crippen LogP contribution in [0.1, 0.15) is 373 Å². The molecule has 438 valence electrons. The molecule has 0 spiro atoms. The Balaban J connectivity index is 3.30. The minimum Gasteiger partial charge on any atom is -0.466 e. The van der Waals surface area contributed by atoms with Crippen molar-refractivity contribution in [2.75, 3.05) is 13.2 Å². The molecular formula is C68H131NO5. The number of allylic oxidation sites excluding steroid dienone is 3. The van der Waals surface area contributed by atoms with E-state index in [9.17, 15) is 19.8 Å². The second-order valence-electron chi connectivity index (χ2n) is 23.2. The molecule has 0 aromatic rings. The summed E-state index contributed by atoms with van der Waals surface area (Å²) in [6.07, 6.45) is 79.9. The predicted molar refractivity (Wildman–Crippen MR) is 324 cm³/mol. The third-order valence-corrected chi connectivity index (χ3v) is 15.7. The van der Waals surface area contributed by atoms with Gasteiger partial charge < -0.3 is 20.3 Å². The molecule has 0 aliphatic carbocycles. The molecule has 0 fully saturated rings. The van der Waals surface area contributed by atoms with Gasteiger partial charge in [-0.2, -0.15) is 0 Å². The fraction of sp³-hybridized carbons (Fsp3) is 0.912. The lowest BCUT2D eigenvalue weighted by molar-refractivity contribution is -0.143. The van der Waals surface area contributed by atoms with Crippen molar-refractivity contribution in [3.05, 3.63) is 24.3 Å². The number of hydrogen-bond acceptors (Lipinski definition) is 5. The highest BCUT2D eigenvalue weighted by Crippen LogP contribution is 2.19. The van der Waals surface area contributed by atoms with Crippen LogP contribution in [-0.2, 0) is 14.3 Å². The maximum absolute atomic E-state index is 12.4.